The number of rotatable bonds is 6. The Bertz CT molecular complexity index is 47.6. The lowest BCUT2D eigenvalue weighted by molar-refractivity contribution is -0.900. The molecule has 1 heteroatoms. The van der Waals surface area contributed by atoms with E-state index in [9.17, 15) is 0 Å². The Morgan fingerprint density at radius 1 is 0.727 bits per heavy atom. The minimum atomic E-state index is 0. The van der Waals surface area contributed by atoms with Crippen LogP contribution in [0.3, 0.4) is 0 Å². The number of quaternary nitrogens is 1. The van der Waals surface area contributed by atoms with Crippen LogP contribution in [0.2, 0.25) is 0 Å². The maximum absolute atomic E-state index is 2.27. The van der Waals surface area contributed by atoms with Crippen LogP contribution in [0.5, 0.6) is 0 Å². The van der Waals surface area contributed by atoms with Crippen LogP contribution in [0.4, 0.5) is 0 Å². The first-order valence-corrected chi connectivity index (χ1v) is 4.68. The molecule has 0 radical (unpaired) electrons. The van der Waals surface area contributed by atoms with E-state index in [2.05, 4.69) is 20.8 Å². The average molecular weight is 160 g/mol. The summed E-state index contributed by atoms with van der Waals surface area (Å²) in [5.41, 5.74) is 0. The highest BCUT2D eigenvalue weighted by Crippen LogP contribution is 1.71. The molecule has 0 saturated heterocycles. The van der Waals surface area contributed by atoms with Crippen LogP contribution >= 0.6 is 0 Å². The maximum atomic E-state index is 2.27. The van der Waals surface area contributed by atoms with Gasteiger partial charge in [0.1, 0.15) is 0 Å². The molecule has 0 aliphatic carbocycles. The molecule has 0 unspecified atom stereocenters. The van der Waals surface area contributed by atoms with E-state index in [1.165, 1.54) is 38.9 Å². The lowest BCUT2D eigenvalue weighted by atomic mass is 10.3. The van der Waals surface area contributed by atoms with Crippen molar-refractivity contribution < 1.29 is 4.90 Å². The van der Waals surface area contributed by atoms with Gasteiger partial charge in [-0.05, 0) is 19.3 Å². The van der Waals surface area contributed by atoms with Crippen LogP contribution in [0.1, 0.15) is 47.5 Å². The molecule has 0 saturated carbocycles. The van der Waals surface area contributed by atoms with Gasteiger partial charge in [0.05, 0.1) is 19.6 Å². The molecule has 0 aliphatic heterocycles. The van der Waals surface area contributed by atoms with Crippen molar-refractivity contribution in [1.82, 2.24) is 0 Å². The normalized spacial score (nSPS) is 9.82. The summed E-state index contributed by atoms with van der Waals surface area (Å²) >= 11 is 0. The van der Waals surface area contributed by atoms with E-state index in [1.54, 1.807) is 4.90 Å². The third-order valence-corrected chi connectivity index (χ3v) is 1.81. The molecule has 70 valence electrons. The Kier molecular flexibility index (Phi) is 12.3. The molecule has 0 aromatic rings. The predicted octanol–water partition coefficient (Wildman–Crippen LogP) is 1.74. The highest BCUT2D eigenvalue weighted by molar-refractivity contribution is 4.29. The second-order valence-electron chi connectivity index (χ2n) is 3.00. The second kappa shape index (κ2) is 9.96. The molecular weight excluding hydrogens is 134 g/mol. The molecule has 0 bridgehead atoms. The molecule has 0 atom stereocenters. The minimum Gasteiger partial charge on any atom is -0.335 e. The molecule has 11 heavy (non-hydrogen) atoms. The Morgan fingerprint density at radius 3 is 1.18 bits per heavy atom. The molecular formula is C10H26N+. The molecule has 0 amide bonds. The van der Waals surface area contributed by atoms with Crippen LogP contribution in [-0.2, 0) is 0 Å². The molecule has 0 aromatic heterocycles. The van der Waals surface area contributed by atoms with Crippen LogP contribution in [0.25, 0.3) is 0 Å². The van der Waals surface area contributed by atoms with Crippen LogP contribution in [0.15, 0.2) is 0 Å². The summed E-state index contributed by atoms with van der Waals surface area (Å²) in [7, 11) is 0. The van der Waals surface area contributed by atoms with Crippen molar-refractivity contribution in [3.05, 3.63) is 0 Å². The van der Waals surface area contributed by atoms with Gasteiger partial charge in [-0.15, -0.1) is 0 Å². The first-order valence-electron chi connectivity index (χ1n) is 4.68. The monoisotopic (exact) mass is 160 g/mol. The third-order valence-electron chi connectivity index (χ3n) is 1.81. The van der Waals surface area contributed by atoms with Gasteiger partial charge in [-0.25, -0.2) is 0 Å². The summed E-state index contributed by atoms with van der Waals surface area (Å²) in [6.45, 7) is 10.9. The minimum absolute atomic E-state index is 0. The van der Waals surface area contributed by atoms with Gasteiger partial charge in [0.2, 0.25) is 0 Å². The van der Waals surface area contributed by atoms with Crippen LogP contribution in [0, 0.1) is 0 Å². The largest absolute Gasteiger partial charge is 0.335 e. The van der Waals surface area contributed by atoms with Gasteiger partial charge in [-0.1, -0.05) is 28.2 Å². The molecule has 0 fully saturated rings. The Hall–Kier alpha value is -0.0400. The Balaban J connectivity index is 0. The lowest BCUT2D eigenvalue weighted by Gasteiger charge is -2.16. The van der Waals surface area contributed by atoms with Crippen LogP contribution < -0.4 is 4.90 Å². The van der Waals surface area contributed by atoms with Crippen molar-refractivity contribution in [3.63, 3.8) is 0 Å². The molecule has 1 N–H and O–H groups in total. The zero-order chi connectivity index (χ0) is 7.82. The van der Waals surface area contributed by atoms with Gasteiger partial charge >= 0.3 is 0 Å². The van der Waals surface area contributed by atoms with E-state index in [4.69, 9.17) is 0 Å². The summed E-state index contributed by atoms with van der Waals surface area (Å²) in [6.07, 6.45) is 3.99. The SMILES string of the molecule is C.CCC[NH+](CCC)CCC. The first kappa shape index (κ1) is 13.5. The molecule has 0 spiro atoms. The van der Waals surface area contributed by atoms with Crippen LogP contribution in [-0.4, -0.2) is 19.6 Å². The number of hydrogen-bond donors (Lipinski definition) is 1. The van der Waals surface area contributed by atoms with Gasteiger partial charge in [-0.3, -0.25) is 0 Å². The van der Waals surface area contributed by atoms with Crippen molar-refractivity contribution in [2.24, 2.45) is 0 Å². The fourth-order valence-corrected chi connectivity index (χ4v) is 1.44. The smallest absolute Gasteiger partial charge is 0.0768 e. The lowest BCUT2D eigenvalue weighted by Crippen LogP contribution is -3.11. The summed E-state index contributed by atoms with van der Waals surface area (Å²) in [6, 6.07) is 0. The summed E-state index contributed by atoms with van der Waals surface area (Å²) in [5, 5.41) is 0. The third kappa shape index (κ3) is 7.86. The fourth-order valence-electron chi connectivity index (χ4n) is 1.44. The Labute approximate surface area is 72.8 Å². The summed E-state index contributed by atoms with van der Waals surface area (Å²) in [4.78, 5) is 1.78. The maximum Gasteiger partial charge on any atom is 0.0768 e. The van der Waals surface area contributed by atoms with Gasteiger partial charge in [0, 0.05) is 0 Å². The van der Waals surface area contributed by atoms with Crippen molar-refractivity contribution >= 4 is 0 Å². The van der Waals surface area contributed by atoms with Crippen molar-refractivity contribution in [2.45, 2.75) is 47.5 Å². The van der Waals surface area contributed by atoms with Crippen molar-refractivity contribution in [2.75, 3.05) is 19.6 Å². The average Bonchev–Trinajstić information content (AvgIpc) is 1.90. The van der Waals surface area contributed by atoms with Gasteiger partial charge in [0.25, 0.3) is 0 Å². The zero-order valence-corrected chi connectivity index (χ0v) is 7.74. The topological polar surface area (TPSA) is 4.44 Å². The van der Waals surface area contributed by atoms with Gasteiger partial charge in [0.15, 0.2) is 0 Å². The van der Waals surface area contributed by atoms with E-state index < -0.39 is 0 Å². The second-order valence-corrected chi connectivity index (χ2v) is 3.00. The van der Waals surface area contributed by atoms with E-state index >= 15 is 0 Å². The van der Waals surface area contributed by atoms with Gasteiger partial charge in [-0.2, -0.15) is 0 Å². The number of hydrogen-bond acceptors (Lipinski definition) is 0. The highest BCUT2D eigenvalue weighted by atomic mass is 15.1. The quantitative estimate of drug-likeness (QED) is 0.603. The van der Waals surface area contributed by atoms with E-state index in [0.29, 0.717) is 0 Å². The number of nitrogens with one attached hydrogen (secondary N) is 1. The summed E-state index contributed by atoms with van der Waals surface area (Å²) in [5.74, 6) is 0. The van der Waals surface area contributed by atoms with Crippen molar-refractivity contribution in [1.29, 1.82) is 0 Å². The molecule has 0 aliphatic rings. The van der Waals surface area contributed by atoms with Crippen molar-refractivity contribution in [3.8, 4) is 0 Å². The Morgan fingerprint density at radius 2 is 1.00 bits per heavy atom. The summed E-state index contributed by atoms with van der Waals surface area (Å²) < 4.78 is 0. The van der Waals surface area contributed by atoms with E-state index in [0.717, 1.165) is 0 Å². The van der Waals surface area contributed by atoms with E-state index in [1.807, 2.05) is 0 Å². The molecule has 0 aromatic carbocycles. The van der Waals surface area contributed by atoms with E-state index in [-0.39, 0.29) is 7.43 Å². The molecule has 1 nitrogen and oxygen atoms in total. The molecule has 0 rings (SSSR count). The predicted molar refractivity (Wildman–Crippen MR) is 53.2 cm³/mol. The highest BCUT2D eigenvalue weighted by Gasteiger charge is 2.01. The molecule has 0 heterocycles. The zero-order valence-electron chi connectivity index (χ0n) is 7.74. The first-order chi connectivity index (χ1) is 4.85. The standard InChI is InChI=1S/C9H21N.CH4/c1-4-7-10(8-5-2)9-6-3;/h4-9H2,1-3H3;1H4/p+1. The fraction of sp³-hybridized carbons (Fsp3) is 1.00. The van der Waals surface area contributed by atoms with Gasteiger partial charge < -0.3 is 4.90 Å².